The Hall–Kier alpha value is -3.40. The maximum atomic E-state index is 13.1. The maximum Gasteiger partial charge on any atom is 0.274 e. The lowest BCUT2D eigenvalue weighted by molar-refractivity contribution is 0.0952. The maximum absolute atomic E-state index is 13.1. The van der Waals surface area contributed by atoms with Crippen LogP contribution in [0.4, 0.5) is 17.3 Å². The van der Waals surface area contributed by atoms with Crippen molar-refractivity contribution in [1.82, 2.24) is 29.8 Å². The van der Waals surface area contributed by atoms with Crippen molar-refractivity contribution >= 4 is 28.9 Å². The molecule has 162 valence electrons. The van der Waals surface area contributed by atoms with Crippen LogP contribution in [0.15, 0.2) is 35.4 Å². The summed E-state index contributed by atoms with van der Waals surface area (Å²) in [7, 11) is 1.77. The van der Waals surface area contributed by atoms with Crippen molar-refractivity contribution in [2.45, 2.75) is 37.8 Å². The number of rotatable bonds is 6. The summed E-state index contributed by atoms with van der Waals surface area (Å²) in [5.74, 6) is 0.947. The van der Waals surface area contributed by atoms with Gasteiger partial charge in [0.05, 0.1) is 6.20 Å². The minimum absolute atomic E-state index is 0.0812. The second kappa shape index (κ2) is 8.03. The predicted molar refractivity (Wildman–Crippen MR) is 118 cm³/mol. The zero-order valence-corrected chi connectivity index (χ0v) is 17.4. The zero-order valence-electron chi connectivity index (χ0n) is 17.4. The molecule has 1 saturated carbocycles. The molecule has 10 heteroatoms. The van der Waals surface area contributed by atoms with E-state index in [0.29, 0.717) is 28.5 Å². The monoisotopic (exact) mass is 422 g/mol. The number of aromatic nitrogens is 4. The third-order valence-electron chi connectivity index (χ3n) is 5.82. The molecule has 1 aliphatic heterocycles. The van der Waals surface area contributed by atoms with E-state index in [0.717, 1.165) is 38.8 Å². The molecule has 1 amide bonds. The smallest absolute Gasteiger partial charge is 0.274 e. The summed E-state index contributed by atoms with van der Waals surface area (Å²) in [6.07, 6.45) is 7.22. The second-order valence-electron chi connectivity index (χ2n) is 8.06. The van der Waals surface area contributed by atoms with Gasteiger partial charge in [-0.3, -0.25) is 9.59 Å². The zero-order chi connectivity index (χ0) is 21.4. The summed E-state index contributed by atoms with van der Waals surface area (Å²) >= 11 is 0. The number of nitrogens with one attached hydrogen (secondary N) is 4. The fourth-order valence-electron chi connectivity index (χ4n) is 3.97. The fourth-order valence-corrected chi connectivity index (χ4v) is 3.97. The van der Waals surface area contributed by atoms with Crippen LogP contribution in [-0.4, -0.2) is 51.3 Å². The van der Waals surface area contributed by atoms with Gasteiger partial charge in [0, 0.05) is 31.4 Å². The second-order valence-corrected chi connectivity index (χ2v) is 8.06. The summed E-state index contributed by atoms with van der Waals surface area (Å²) < 4.78 is 3.39. The summed E-state index contributed by atoms with van der Waals surface area (Å²) in [6.45, 7) is 1.82. The van der Waals surface area contributed by atoms with Crippen LogP contribution in [0.25, 0.3) is 5.65 Å². The molecule has 31 heavy (non-hydrogen) atoms. The van der Waals surface area contributed by atoms with E-state index >= 15 is 0 Å². The number of pyridine rings is 1. The SMILES string of the molecule is CNc1cc(Nc2cccn(C3CCNCC3)c2=O)nc2c(C(=O)NC3CC3)cnn12. The van der Waals surface area contributed by atoms with Crippen molar-refractivity contribution < 1.29 is 4.79 Å². The van der Waals surface area contributed by atoms with Crippen molar-refractivity contribution in [3.63, 3.8) is 0 Å². The van der Waals surface area contributed by atoms with Crippen molar-refractivity contribution in [2.24, 2.45) is 0 Å². The van der Waals surface area contributed by atoms with Crippen LogP contribution in [0.1, 0.15) is 42.1 Å². The van der Waals surface area contributed by atoms with E-state index in [9.17, 15) is 9.59 Å². The molecule has 4 heterocycles. The molecule has 1 saturated heterocycles. The molecule has 2 aliphatic rings. The molecule has 4 N–H and O–H groups in total. The fraction of sp³-hybridized carbons (Fsp3) is 0.429. The molecular weight excluding hydrogens is 396 g/mol. The number of hydrogen-bond acceptors (Lipinski definition) is 7. The Morgan fingerprint density at radius 2 is 2.03 bits per heavy atom. The van der Waals surface area contributed by atoms with E-state index < -0.39 is 0 Å². The normalized spacial score (nSPS) is 16.9. The lowest BCUT2D eigenvalue weighted by atomic mass is 10.1. The number of carbonyl (C=O) groups is 1. The summed E-state index contributed by atoms with van der Waals surface area (Å²) in [5.41, 5.74) is 1.21. The highest BCUT2D eigenvalue weighted by atomic mass is 16.2. The van der Waals surface area contributed by atoms with Crippen molar-refractivity contribution in [1.29, 1.82) is 0 Å². The molecule has 0 aromatic carbocycles. The van der Waals surface area contributed by atoms with Crippen molar-refractivity contribution in [3.8, 4) is 0 Å². The van der Waals surface area contributed by atoms with Gasteiger partial charge in [0.15, 0.2) is 5.65 Å². The van der Waals surface area contributed by atoms with Gasteiger partial charge in [-0.15, -0.1) is 0 Å². The van der Waals surface area contributed by atoms with Crippen LogP contribution < -0.4 is 26.8 Å². The Balaban J connectivity index is 1.49. The first-order valence-corrected chi connectivity index (χ1v) is 10.7. The predicted octanol–water partition coefficient (Wildman–Crippen LogP) is 1.49. The Labute approximate surface area is 179 Å². The summed E-state index contributed by atoms with van der Waals surface area (Å²) in [6, 6.07) is 5.82. The number of fused-ring (bicyclic) bond motifs is 1. The third kappa shape index (κ3) is 3.86. The molecule has 0 radical (unpaired) electrons. The van der Waals surface area contributed by atoms with Gasteiger partial charge in [0.1, 0.15) is 22.9 Å². The van der Waals surface area contributed by atoms with Gasteiger partial charge in [-0.1, -0.05) is 0 Å². The first-order valence-electron chi connectivity index (χ1n) is 10.7. The minimum Gasteiger partial charge on any atom is -0.373 e. The molecule has 0 spiro atoms. The molecule has 0 unspecified atom stereocenters. The van der Waals surface area contributed by atoms with Crippen LogP contribution in [0.2, 0.25) is 0 Å². The van der Waals surface area contributed by atoms with Crippen LogP contribution in [0, 0.1) is 0 Å². The molecule has 1 aliphatic carbocycles. The van der Waals surface area contributed by atoms with Gasteiger partial charge in [-0.25, -0.2) is 4.98 Å². The van der Waals surface area contributed by atoms with Gasteiger partial charge in [0.25, 0.3) is 11.5 Å². The van der Waals surface area contributed by atoms with E-state index in [1.54, 1.807) is 28.3 Å². The molecular formula is C21H26N8O2. The molecule has 2 fully saturated rings. The molecule has 5 rings (SSSR count). The van der Waals surface area contributed by atoms with Crippen molar-refractivity contribution in [3.05, 3.63) is 46.5 Å². The van der Waals surface area contributed by atoms with E-state index in [4.69, 9.17) is 0 Å². The Kier molecular flexibility index (Phi) is 5.06. The quantitative estimate of drug-likeness (QED) is 0.475. The van der Waals surface area contributed by atoms with Crippen molar-refractivity contribution in [2.75, 3.05) is 30.8 Å². The number of amides is 1. The first kappa shape index (κ1) is 19.6. The van der Waals surface area contributed by atoms with E-state index in [-0.39, 0.29) is 23.6 Å². The van der Waals surface area contributed by atoms with Gasteiger partial charge in [0.2, 0.25) is 0 Å². The standard InChI is InChI=1S/C21H26N8O2/c1-22-18-11-17(27-19-15(12-24-29(18)19)20(30)25-13-4-5-13)26-16-3-2-10-28(21(16)31)14-6-8-23-9-7-14/h2-3,10-14,22-23H,4-9H2,1H3,(H,25,30)(H,26,27). The average Bonchev–Trinajstić information content (AvgIpc) is 3.50. The van der Waals surface area contributed by atoms with Crippen LogP contribution >= 0.6 is 0 Å². The Bertz CT molecular complexity index is 1170. The van der Waals surface area contributed by atoms with E-state index in [2.05, 4.69) is 31.3 Å². The molecule has 0 atom stereocenters. The van der Waals surface area contributed by atoms with Crippen LogP contribution in [0.5, 0.6) is 0 Å². The van der Waals surface area contributed by atoms with E-state index in [1.807, 2.05) is 12.3 Å². The summed E-state index contributed by atoms with van der Waals surface area (Å²) in [5, 5.41) is 16.8. The summed E-state index contributed by atoms with van der Waals surface area (Å²) in [4.78, 5) is 30.3. The lowest BCUT2D eigenvalue weighted by Gasteiger charge is -2.25. The third-order valence-corrected chi connectivity index (χ3v) is 5.82. The number of hydrogen-bond donors (Lipinski definition) is 4. The lowest BCUT2D eigenvalue weighted by Crippen LogP contribution is -2.34. The Morgan fingerprint density at radius 1 is 1.23 bits per heavy atom. The molecule has 10 nitrogen and oxygen atoms in total. The number of piperidine rings is 1. The number of carbonyl (C=O) groups excluding carboxylic acids is 1. The molecule has 0 bridgehead atoms. The molecule has 3 aromatic heterocycles. The van der Waals surface area contributed by atoms with Crippen LogP contribution in [0.3, 0.4) is 0 Å². The minimum atomic E-state index is -0.183. The van der Waals surface area contributed by atoms with Gasteiger partial charge < -0.3 is 25.8 Å². The number of anilines is 3. The topological polar surface area (TPSA) is 117 Å². The Morgan fingerprint density at radius 3 is 2.77 bits per heavy atom. The average molecular weight is 422 g/mol. The largest absolute Gasteiger partial charge is 0.373 e. The number of nitrogens with zero attached hydrogens (tertiary/aromatic N) is 4. The van der Waals surface area contributed by atoms with Gasteiger partial charge in [-0.05, 0) is 50.9 Å². The first-order chi connectivity index (χ1) is 15.1. The highest BCUT2D eigenvalue weighted by Crippen LogP contribution is 2.23. The highest BCUT2D eigenvalue weighted by Gasteiger charge is 2.26. The van der Waals surface area contributed by atoms with Gasteiger partial charge in [-0.2, -0.15) is 9.61 Å². The van der Waals surface area contributed by atoms with E-state index in [1.165, 1.54) is 6.20 Å². The van der Waals surface area contributed by atoms with Gasteiger partial charge >= 0.3 is 0 Å². The molecule has 3 aromatic rings. The van der Waals surface area contributed by atoms with Crippen LogP contribution in [-0.2, 0) is 0 Å². The highest BCUT2D eigenvalue weighted by molar-refractivity contribution is 6.00.